The second kappa shape index (κ2) is 5.86. The Morgan fingerprint density at radius 3 is 2.24 bits per heavy atom. The molecule has 0 bridgehead atoms. The van der Waals surface area contributed by atoms with Crippen LogP contribution in [0.1, 0.15) is 11.1 Å². The summed E-state index contributed by atoms with van der Waals surface area (Å²) in [5.74, 6) is 2.72. The molecule has 90 valence electrons. The third kappa shape index (κ3) is 3.59. The first-order valence-corrected chi connectivity index (χ1v) is 6.21. The van der Waals surface area contributed by atoms with E-state index in [0.29, 0.717) is 0 Å². The molecule has 0 aliphatic carbocycles. The number of hydrogen-bond acceptors (Lipinski definition) is 2. The van der Waals surface area contributed by atoms with Gasteiger partial charge in [-0.2, -0.15) is 0 Å². The summed E-state index contributed by atoms with van der Waals surface area (Å²) in [6.07, 6.45) is 5.33. The minimum absolute atomic E-state index is 0.790. The molecule has 0 radical (unpaired) electrons. The van der Waals surface area contributed by atoms with Crippen molar-refractivity contribution >= 4 is 0 Å². The average Bonchev–Trinajstić information content (AvgIpc) is 2.35. The standard InChI is InChI=1S/C15H20N2/c1-3-8-16-9-11-17(12-10-16)13-15-6-4-14(2)5-7-15/h1,4-7H,8-13H2,2H3. The van der Waals surface area contributed by atoms with Crippen molar-refractivity contribution < 1.29 is 0 Å². The molecule has 1 aliphatic heterocycles. The summed E-state index contributed by atoms with van der Waals surface area (Å²) in [4.78, 5) is 4.84. The van der Waals surface area contributed by atoms with Crippen LogP contribution in [-0.4, -0.2) is 42.5 Å². The van der Waals surface area contributed by atoms with Gasteiger partial charge < -0.3 is 0 Å². The van der Waals surface area contributed by atoms with Gasteiger partial charge in [-0.3, -0.25) is 9.80 Å². The summed E-state index contributed by atoms with van der Waals surface area (Å²) in [6.45, 7) is 8.40. The highest BCUT2D eigenvalue weighted by Crippen LogP contribution is 2.09. The molecular formula is C15H20N2. The van der Waals surface area contributed by atoms with Crippen LogP contribution in [0.25, 0.3) is 0 Å². The molecule has 1 heterocycles. The molecule has 0 atom stereocenters. The van der Waals surface area contributed by atoms with Gasteiger partial charge in [-0.25, -0.2) is 0 Å². The summed E-state index contributed by atoms with van der Waals surface area (Å²) in [6, 6.07) is 8.82. The maximum Gasteiger partial charge on any atom is 0.0599 e. The lowest BCUT2D eigenvalue weighted by molar-refractivity contribution is 0.138. The highest BCUT2D eigenvalue weighted by Gasteiger charge is 2.15. The molecule has 1 aromatic carbocycles. The summed E-state index contributed by atoms with van der Waals surface area (Å²) in [5, 5.41) is 0. The molecule has 1 fully saturated rings. The fourth-order valence-corrected chi connectivity index (χ4v) is 2.19. The molecule has 1 saturated heterocycles. The lowest BCUT2D eigenvalue weighted by Crippen LogP contribution is -2.45. The highest BCUT2D eigenvalue weighted by atomic mass is 15.3. The van der Waals surface area contributed by atoms with E-state index in [1.165, 1.54) is 11.1 Å². The van der Waals surface area contributed by atoms with Crippen LogP contribution in [0, 0.1) is 19.3 Å². The molecular weight excluding hydrogens is 208 g/mol. The Kier molecular flexibility index (Phi) is 4.19. The zero-order valence-electron chi connectivity index (χ0n) is 10.5. The predicted octanol–water partition coefficient (Wildman–Crippen LogP) is 1.75. The van der Waals surface area contributed by atoms with Crippen LogP contribution in [0.4, 0.5) is 0 Å². The zero-order valence-corrected chi connectivity index (χ0v) is 10.5. The van der Waals surface area contributed by atoms with Gasteiger partial charge in [0.15, 0.2) is 0 Å². The Morgan fingerprint density at radius 1 is 1.06 bits per heavy atom. The number of aryl methyl sites for hydroxylation is 1. The SMILES string of the molecule is C#CCN1CCN(Cc2ccc(C)cc2)CC1. The Morgan fingerprint density at radius 2 is 1.65 bits per heavy atom. The first kappa shape index (κ1) is 12.2. The van der Waals surface area contributed by atoms with Gasteiger partial charge in [0.2, 0.25) is 0 Å². The molecule has 2 nitrogen and oxygen atoms in total. The molecule has 1 aromatic rings. The molecule has 0 unspecified atom stereocenters. The fraction of sp³-hybridized carbons (Fsp3) is 0.467. The minimum atomic E-state index is 0.790. The molecule has 0 N–H and O–H groups in total. The number of piperazine rings is 1. The van der Waals surface area contributed by atoms with Gasteiger partial charge in [0.1, 0.15) is 0 Å². The van der Waals surface area contributed by atoms with Crippen LogP contribution in [-0.2, 0) is 6.54 Å². The number of benzene rings is 1. The van der Waals surface area contributed by atoms with Crippen molar-refractivity contribution in [3.63, 3.8) is 0 Å². The monoisotopic (exact) mass is 228 g/mol. The molecule has 17 heavy (non-hydrogen) atoms. The lowest BCUT2D eigenvalue weighted by atomic mass is 10.1. The van der Waals surface area contributed by atoms with Crippen LogP contribution in [0.5, 0.6) is 0 Å². The smallest absolute Gasteiger partial charge is 0.0599 e. The Bertz CT molecular complexity index is 380. The number of hydrogen-bond donors (Lipinski definition) is 0. The topological polar surface area (TPSA) is 6.48 Å². The van der Waals surface area contributed by atoms with Crippen LogP contribution in [0.2, 0.25) is 0 Å². The van der Waals surface area contributed by atoms with Gasteiger partial charge >= 0.3 is 0 Å². The van der Waals surface area contributed by atoms with Crippen molar-refractivity contribution in [1.29, 1.82) is 0 Å². The van der Waals surface area contributed by atoms with E-state index in [1.807, 2.05) is 0 Å². The summed E-state index contributed by atoms with van der Waals surface area (Å²) >= 11 is 0. The van der Waals surface area contributed by atoms with Gasteiger partial charge in [-0.15, -0.1) is 6.42 Å². The quantitative estimate of drug-likeness (QED) is 0.727. The van der Waals surface area contributed by atoms with E-state index in [9.17, 15) is 0 Å². The van der Waals surface area contributed by atoms with Crippen LogP contribution in [0.3, 0.4) is 0 Å². The van der Waals surface area contributed by atoms with E-state index >= 15 is 0 Å². The van der Waals surface area contributed by atoms with Crippen LogP contribution in [0.15, 0.2) is 24.3 Å². The average molecular weight is 228 g/mol. The molecule has 0 amide bonds. The van der Waals surface area contributed by atoms with Gasteiger partial charge in [0, 0.05) is 32.7 Å². The number of nitrogens with zero attached hydrogens (tertiary/aromatic N) is 2. The van der Waals surface area contributed by atoms with Crippen LogP contribution < -0.4 is 0 Å². The third-order valence-corrected chi connectivity index (χ3v) is 3.31. The van der Waals surface area contributed by atoms with Gasteiger partial charge in [-0.05, 0) is 12.5 Å². The maximum atomic E-state index is 5.33. The Balaban J connectivity index is 1.82. The van der Waals surface area contributed by atoms with Crippen molar-refractivity contribution in [2.24, 2.45) is 0 Å². The van der Waals surface area contributed by atoms with Gasteiger partial charge in [0.25, 0.3) is 0 Å². The normalized spacial score (nSPS) is 17.9. The molecule has 2 heteroatoms. The first-order chi connectivity index (χ1) is 8.28. The van der Waals surface area contributed by atoms with Crippen molar-refractivity contribution in [2.75, 3.05) is 32.7 Å². The highest BCUT2D eigenvalue weighted by molar-refractivity contribution is 5.21. The largest absolute Gasteiger partial charge is 0.297 e. The summed E-state index contributed by atoms with van der Waals surface area (Å²) in [7, 11) is 0. The fourth-order valence-electron chi connectivity index (χ4n) is 2.19. The Labute approximate surface area is 104 Å². The third-order valence-electron chi connectivity index (χ3n) is 3.31. The van der Waals surface area contributed by atoms with E-state index in [4.69, 9.17) is 6.42 Å². The zero-order chi connectivity index (χ0) is 12.1. The summed E-state index contributed by atoms with van der Waals surface area (Å²) in [5.41, 5.74) is 2.73. The molecule has 1 aliphatic rings. The van der Waals surface area contributed by atoms with Crippen molar-refractivity contribution in [3.8, 4) is 12.3 Å². The second-order valence-electron chi connectivity index (χ2n) is 4.74. The molecule has 0 spiro atoms. The predicted molar refractivity (Wildman–Crippen MR) is 71.7 cm³/mol. The lowest BCUT2D eigenvalue weighted by Gasteiger charge is -2.33. The molecule has 0 aromatic heterocycles. The van der Waals surface area contributed by atoms with E-state index in [-0.39, 0.29) is 0 Å². The van der Waals surface area contributed by atoms with Crippen molar-refractivity contribution in [2.45, 2.75) is 13.5 Å². The van der Waals surface area contributed by atoms with E-state index in [0.717, 1.165) is 39.3 Å². The number of rotatable bonds is 3. The van der Waals surface area contributed by atoms with E-state index in [1.54, 1.807) is 0 Å². The Hall–Kier alpha value is -1.30. The van der Waals surface area contributed by atoms with Gasteiger partial charge in [0.05, 0.1) is 6.54 Å². The molecule has 2 rings (SSSR count). The second-order valence-corrected chi connectivity index (χ2v) is 4.74. The van der Waals surface area contributed by atoms with E-state index < -0.39 is 0 Å². The van der Waals surface area contributed by atoms with Crippen molar-refractivity contribution in [3.05, 3.63) is 35.4 Å². The minimum Gasteiger partial charge on any atom is -0.297 e. The first-order valence-electron chi connectivity index (χ1n) is 6.21. The maximum absolute atomic E-state index is 5.33. The van der Waals surface area contributed by atoms with Gasteiger partial charge in [-0.1, -0.05) is 35.7 Å². The van der Waals surface area contributed by atoms with Crippen molar-refractivity contribution in [1.82, 2.24) is 9.80 Å². The number of terminal acetylenes is 1. The van der Waals surface area contributed by atoms with E-state index in [2.05, 4.69) is 46.9 Å². The van der Waals surface area contributed by atoms with Crippen LogP contribution >= 0.6 is 0 Å². The summed E-state index contributed by atoms with van der Waals surface area (Å²) < 4.78 is 0. The molecule has 0 saturated carbocycles.